The van der Waals surface area contributed by atoms with Crippen LogP contribution in [0.15, 0.2) is 18.2 Å². The van der Waals surface area contributed by atoms with Gasteiger partial charge in [0.25, 0.3) is 0 Å². The normalized spacial score (nSPS) is 10.6. The van der Waals surface area contributed by atoms with E-state index in [0.29, 0.717) is 31.8 Å². The third kappa shape index (κ3) is 3.86. The number of benzene rings is 1. The second-order valence-corrected chi connectivity index (χ2v) is 5.37. The van der Waals surface area contributed by atoms with Gasteiger partial charge in [0.2, 0.25) is 0 Å². The van der Waals surface area contributed by atoms with Crippen molar-refractivity contribution in [1.82, 2.24) is 9.97 Å². The van der Waals surface area contributed by atoms with E-state index >= 15 is 0 Å². The Morgan fingerprint density at radius 3 is 2.21 bits per heavy atom. The summed E-state index contributed by atoms with van der Waals surface area (Å²) in [5, 5.41) is 1.46. The molecule has 3 nitrogen and oxygen atoms in total. The summed E-state index contributed by atoms with van der Waals surface area (Å²) in [6.45, 7) is 1.93. The number of hydrogen-bond donors (Lipinski definition) is 0. The smallest absolute Gasteiger partial charge is 0.167 e. The van der Waals surface area contributed by atoms with E-state index in [1.54, 1.807) is 18.2 Å². The monoisotopic (exact) mass is 336 g/mol. The zero-order valence-electron chi connectivity index (χ0n) is 9.75. The number of nitrogens with zero attached hydrogens (tertiary/aromatic N) is 2. The van der Waals surface area contributed by atoms with Crippen LogP contribution in [-0.4, -0.2) is 9.97 Å². The zero-order valence-corrected chi connectivity index (χ0v) is 12.8. The van der Waals surface area contributed by atoms with Crippen molar-refractivity contribution in [2.75, 3.05) is 0 Å². The molecule has 0 radical (unpaired) electrons. The molecule has 0 amide bonds. The average molecular weight is 338 g/mol. The fourth-order valence-corrected chi connectivity index (χ4v) is 2.64. The van der Waals surface area contributed by atoms with Crippen molar-refractivity contribution in [3.05, 3.63) is 49.9 Å². The first kappa shape index (κ1) is 14.7. The summed E-state index contributed by atoms with van der Waals surface area (Å²) in [6, 6.07) is 4.76. The van der Waals surface area contributed by atoms with E-state index in [-0.39, 0.29) is 6.61 Å². The van der Waals surface area contributed by atoms with Crippen LogP contribution in [0.4, 0.5) is 0 Å². The molecule has 0 atom stereocenters. The molecule has 0 saturated heterocycles. The van der Waals surface area contributed by atoms with E-state index in [1.807, 2.05) is 6.92 Å². The van der Waals surface area contributed by atoms with Crippen LogP contribution in [0.3, 0.4) is 0 Å². The van der Waals surface area contributed by atoms with Gasteiger partial charge in [-0.3, -0.25) is 0 Å². The van der Waals surface area contributed by atoms with Crippen molar-refractivity contribution < 1.29 is 4.74 Å². The zero-order chi connectivity index (χ0) is 14.0. The molecule has 0 N–H and O–H groups in total. The second-order valence-electron chi connectivity index (χ2n) is 3.74. The van der Waals surface area contributed by atoms with Gasteiger partial charge in [-0.2, -0.15) is 0 Å². The summed E-state index contributed by atoms with van der Waals surface area (Å²) in [7, 11) is 0. The maximum absolute atomic E-state index is 6.00. The van der Waals surface area contributed by atoms with Gasteiger partial charge in [-0.15, -0.1) is 0 Å². The van der Waals surface area contributed by atoms with Crippen molar-refractivity contribution in [2.24, 2.45) is 0 Å². The summed E-state index contributed by atoms with van der Waals surface area (Å²) in [5.41, 5.74) is 0.756. The maximum Gasteiger partial charge on any atom is 0.167 e. The molecule has 1 aromatic carbocycles. The molecule has 0 spiro atoms. The maximum atomic E-state index is 6.00. The SMILES string of the molecule is Cc1cc(Cl)nc(COc2c(Cl)cc(Cl)cc2Cl)n1. The third-order valence-corrected chi connectivity index (χ3v) is 3.15. The Bertz CT molecular complexity index is 575. The molecule has 0 saturated carbocycles. The predicted octanol–water partition coefficient (Wildman–Crippen LogP) is 4.98. The number of rotatable bonds is 3. The van der Waals surface area contributed by atoms with E-state index in [2.05, 4.69) is 9.97 Å². The lowest BCUT2D eigenvalue weighted by atomic mass is 10.3. The lowest BCUT2D eigenvalue weighted by Gasteiger charge is -2.10. The van der Waals surface area contributed by atoms with Gasteiger partial charge in [0, 0.05) is 10.7 Å². The van der Waals surface area contributed by atoms with Crippen LogP contribution in [0.1, 0.15) is 11.5 Å². The minimum atomic E-state index is 0.114. The van der Waals surface area contributed by atoms with Crippen LogP contribution in [0, 0.1) is 6.92 Å². The summed E-state index contributed by atoms with van der Waals surface area (Å²) in [5.74, 6) is 0.793. The van der Waals surface area contributed by atoms with E-state index in [9.17, 15) is 0 Å². The molecule has 0 fully saturated rings. The second kappa shape index (κ2) is 6.14. The van der Waals surface area contributed by atoms with Gasteiger partial charge >= 0.3 is 0 Å². The van der Waals surface area contributed by atoms with E-state index < -0.39 is 0 Å². The number of hydrogen-bond acceptors (Lipinski definition) is 3. The van der Waals surface area contributed by atoms with Crippen LogP contribution in [0.5, 0.6) is 5.75 Å². The third-order valence-electron chi connectivity index (χ3n) is 2.18. The largest absolute Gasteiger partial charge is 0.482 e. The van der Waals surface area contributed by atoms with Gasteiger partial charge in [-0.25, -0.2) is 9.97 Å². The molecule has 19 heavy (non-hydrogen) atoms. The molecule has 7 heteroatoms. The first-order valence-corrected chi connectivity index (χ1v) is 6.74. The van der Waals surface area contributed by atoms with Crippen molar-refractivity contribution in [3.63, 3.8) is 0 Å². The molecule has 2 aromatic rings. The Labute approximate surface area is 130 Å². The Kier molecular flexibility index (Phi) is 4.74. The molecule has 0 unspecified atom stereocenters. The van der Waals surface area contributed by atoms with Crippen molar-refractivity contribution >= 4 is 46.4 Å². The van der Waals surface area contributed by atoms with Gasteiger partial charge < -0.3 is 4.74 Å². The molecule has 1 heterocycles. The Morgan fingerprint density at radius 2 is 1.63 bits per heavy atom. The highest BCUT2D eigenvalue weighted by molar-refractivity contribution is 6.40. The minimum absolute atomic E-state index is 0.114. The molecule has 0 aliphatic carbocycles. The van der Waals surface area contributed by atoms with Gasteiger partial charge in [-0.05, 0) is 25.1 Å². The number of halogens is 4. The topological polar surface area (TPSA) is 35.0 Å². The molecule has 0 bridgehead atoms. The van der Waals surface area contributed by atoms with E-state index in [4.69, 9.17) is 51.1 Å². The van der Waals surface area contributed by atoms with Crippen LogP contribution in [0.25, 0.3) is 0 Å². The van der Waals surface area contributed by atoms with Gasteiger partial charge in [-0.1, -0.05) is 46.4 Å². The molecular weight excluding hydrogens is 330 g/mol. The van der Waals surface area contributed by atoms with Crippen LogP contribution in [-0.2, 0) is 6.61 Å². The standard InChI is InChI=1S/C12H8Cl4N2O/c1-6-2-10(16)18-11(17-6)5-19-12-8(14)3-7(13)4-9(12)15/h2-4H,5H2,1H3. The number of ether oxygens (including phenoxy) is 1. The predicted molar refractivity (Wildman–Crippen MR) is 77.6 cm³/mol. The van der Waals surface area contributed by atoms with E-state index in [0.717, 1.165) is 5.69 Å². The Balaban J connectivity index is 2.19. The lowest BCUT2D eigenvalue weighted by molar-refractivity contribution is 0.296. The molecule has 1 aromatic heterocycles. The summed E-state index contributed by atoms with van der Waals surface area (Å²) in [4.78, 5) is 8.24. The molecule has 0 aliphatic rings. The van der Waals surface area contributed by atoms with Crippen molar-refractivity contribution in [3.8, 4) is 5.75 Å². The first-order chi connectivity index (χ1) is 8.95. The van der Waals surface area contributed by atoms with Crippen LogP contribution < -0.4 is 4.74 Å². The molecular formula is C12H8Cl4N2O. The van der Waals surface area contributed by atoms with Crippen LogP contribution >= 0.6 is 46.4 Å². The number of aromatic nitrogens is 2. The van der Waals surface area contributed by atoms with E-state index in [1.165, 1.54) is 0 Å². The van der Waals surface area contributed by atoms with Gasteiger partial charge in [0.15, 0.2) is 11.6 Å². The fourth-order valence-electron chi connectivity index (χ4n) is 1.46. The number of aryl methyl sites for hydroxylation is 1. The van der Waals surface area contributed by atoms with Gasteiger partial charge in [0.1, 0.15) is 11.8 Å². The van der Waals surface area contributed by atoms with Crippen molar-refractivity contribution in [2.45, 2.75) is 13.5 Å². The van der Waals surface area contributed by atoms with Gasteiger partial charge in [0.05, 0.1) is 10.0 Å². The minimum Gasteiger partial charge on any atom is -0.482 e. The highest BCUT2D eigenvalue weighted by Gasteiger charge is 2.10. The Morgan fingerprint density at radius 1 is 1.00 bits per heavy atom. The summed E-state index contributed by atoms with van der Waals surface area (Å²) >= 11 is 23.7. The lowest BCUT2D eigenvalue weighted by Crippen LogP contribution is -2.03. The first-order valence-electron chi connectivity index (χ1n) is 5.23. The molecule has 100 valence electrons. The Hall–Kier alpha value is -0.740. The summed E-state index contributed by atoms with van der Waals surface area (Å²) < 4.78 is 5.51. The van der Waals surface area contributed by atoms with Crippen molar-refractivity contribution in [1.29, 1.82) is 0 Å². The molecule has 0 aliphatic heterocycles. The molecule has 2 rings (SSSR count). The average Bonchev–Trinajstić information content (AvgIpc) is 2.25. The quantitative estimate of drug-likeness (QED) is 0.741. The summed E-state index contributed by atoms with van der Waals surface area (Å²) in [6.07, 6.45) is 0. The highest BCUT2D eigenvalue weighted by atomic mass is 35.5. The van der Waals surface area contributed by atoms with Crippen LogP contribution in [0.2, 0.25) is 20.2 Å². The highest BCUT2D eigenvalue weighted by Crippen LogP contribution is 2.36. The fraction of sp³-hybridized carbons (Fsp3) is 0.167.